The molecular formula is C27H27N3O3. The quantitative estimate of drug-likeness (QED) is 0.366. The number of benzene rings is 3. The van der Waals surface area contributed by atoms with E-state index in [-0.39, 0.29) is 30.9 Å². The Hall–Kier alpha value is -4.06. The number of rotatable bonds is 8. The maximum absolute atomic E-state index is 13.4. The standard InChI is InChI=1S/C27H27N3O3/c1-20(21-9-3-2-4-10-21)30(17-16-26(31)28-19-23-13-8-18-33-23)27(32)29-25-15-7-12-22-11-5-6-14-24(22)25/h2-15,18,20H,16-17,19H2,1H3,(H,28,31)(H,29,32). The van der Waals surface area contributed by atoms with Gasteiger partial charge in [0.25, 0.3) is 0 Å². The van der Waals surface area contributed by atoms with Crippen molar-refractivity contribution < 1.29 is 14.0 Å². The van der Waals surface area contributed by atoms with Gasteiger partial charge < -0.3 is 20.0 Å². The summed E-state index contributed by atoms with van der Waals surface area (Å²) in [4.78, 5) is 27.5. The second-order valence-electron chi connectivity index (χ2n) is 7.84. The maximum Gasteiger partial charge on any atom is 0.322 e. The van der Waals surface area contributed by atoms with E-state index < -0.39 is 0 Å². The number of carbonyl (C=O) groups is 2. The van der Waals surface area contributed by atoms with Crippen LogP contribution in [0.15, 0.2) is 95.6 Å². The Labute approximate surface area is 193 Å². The normalized spacial score (nSPS) is 11.7. The van der Waals surface area contributed by atoms with Crippen LogP contribution < -0.4 is 10.6 Å². The van der Waals surface area contributed by atoms with Gasteiger partial charge in [-0.3, -0.25) is 4.79 Å². The Morgan fingerprint density at radius 3 is 2.45 bits per heavy atom. The van der Waals surface area contributed by atoms with E-state index in [1.807, 2.05) is 85.8 Å². The summed E-state index contributed by atoms with van der Waals surface area (Å²) in [6, 6.07) is 26.7. The minimum Gasteiger partial charge on any atom is -0.467 e. The van der Waals surface area contributed by atoms with Gasteiger partial charge in [-0.25, -0.2) is 4.79 Å². The molecule has 1 heterocycles. The summed E-state index contributed by atoms with van der Waals surface area (Å²) in [5.74, 6) is 0.543. The van der Waals surface area contributed by atoms with Gasteiger partial charge in [0, 0.05) is 18.4 Å². The minimum absolute atomic E-state index is 0.144. The smallest absolute Gasteiger partial charge is 0.322 e. The first kappa shape index (κ1) is 22.1. The molecule has 33 heavy (non-hydrogen) atoms. The molecule has 2 N–H and O–H groups in total. The molecule has 0 spiro atoms. The zero-order valence-corrected chi connectivity index (χ0v) is 18.5. The molecule has 1 aromatic heterocycles. The summed E-state index contributed by atoms with van der Waals surface area (Å²) < 4.78 is 5.26. The van der Waals surface area contributed by atoms with Crippen molar-refractivity contribution in [2.45, 2.75) is 25.9 Å². The van der Waals surface area contributed by atoms with E-state index in [4.69, 9.17) is 4.42 Å². The van der Waals surface area contributed by atoms with Crippen LogP contribution in [0, 0.1) is 0 Å². The third-order valence-corrected chi connectivity index (χ3v) is 5.66. The molecule has 4 rings (SSSR count). The zero-order chi connectivity index (χ0) is 23.0. The molecule has 3 amide bonds. The molecule has 0 radical (unpaired) electrons. The van der Waals surface area contributed by atoms with Crippen LogP contribution in [-0.4, -0.2) is 23.4 Å². The molecule has 168 valence electrons. The fraction of sp³-hybridized carbons (Fsp3) is 0.185. The molecule has 0 aliphatic carbocycles. The lowest BCUT2D eigenvalue weighted by atomic mass is 10.1. The van der Waals surface area contributed by atoms with Crippen molar-refractivity contribution in [3.8, 4) is 0 Å². The molecule has 0 saturated heterocycles. The number of hydrogen-bond donors (Lipinski definition) is 2. The van der Waals surface area contributed by atoms with Gasteiger partial charge in [0.1, 0.15) is 5.76 Å². The van der Waals surface area contributed by atoms with Gasteiger partial charge in [0.2, 0.25) is 5.91 Å². The van der Waals surface area contributed by atoms with E-state index in [0.29, 0.717) is 12.3 Å². The third kappa shape index (κ3) is 5.60. The fourth-order valence-electron chi connectivity index (χ4n) is 3.81. The molecule has 0 fully saturated rings. The van der Waals surface area contributed by atoms with Crippen molar-refractivity contribution >= 4 is 28.4 Å². The average Bonchev–Trinajstić information content (AvgIpc) is 3.37. The third-order valence-electron chi connectivity index (χ3n) is 5.66. The SMILES string of the molecule is CC(c1ccccc1)N(CCC(=O)NCc1ccco1)C(=O)Nc1cccc2ccccc12. The summed E-state index contributed by atoms with van der Waals surface area (Å²) in [5.41, 5.74) is 1.74. The van der Waals surface area contributed by atoms with E-state index >= 15 is 0 Å². The number of nitrogens with zero attached hydrogens (tertiary/aromatic N) is 1. The Kier molecular flexibility index (Phi) is 7.05. The van der Waals surface area contributed by atoms with Gasteiger partial charge in [-0.05, 0) is 36.1 Å². The van der Waals surface area contributed by atoms with E-state index in [2.05, 4.69) is 10.6 Å². The average molecular weight is 442 g/mol. The van der Waals surface area contributed by atoms with Crippen LogP contribution in [0.4, 0.5) is 10.5 Å². The molecule has 0 bridgehead atoms. The number of anilines is 1. The summed E-state index contributed by atoms with van der Waals surface area (Å²) >= 11 is 0. The lowest BCUT2D eigenvalue weighted by Gasteiger charge is -2.30. The molecule has 0 aliphatic rings. The second-order valence-corrected chi connectivity index (χ2v) is 7.84. The van der Waals surface area contributed by atoms with Gasteiger partial charge in [-0.15, -0.1) is 0 Å². The molecule has 4 aromatic rings. The van der Waals surface area contributed by atoms with Crippen LogP contribution >= 0.6 is 0 Å². The first-order chi connectivity index (χ1) is 16.1. The highest BCUT2D eigenvalue weighted by Crippen LogP contribution is 2.26. The van der Waals surface area contributed by atoms with Crippen molar-refractivity contribution in [2.75, 3.05) is 11.9 Å². The predicted molar refractivity (Wildman–Crippen MR) is 130 cm³/mol. The van der Waals surface area contributed by atoms with E-state index in [9.17, 15) is 9.59 Å². The molecule has 6 nitrogen and oxygen atoms in total. The number of fused-ring (bicyclic) bond motifs is 1. The van der Waals surface area contributed by atoms with Crippen LogP contribution in [0.5, 0.6) is 0 Å². The molecule has 1 unspecified atom stereocenters. The minimum atomic E-state index is -0.249. The van der Waals surface area contributed by atoms with E-state index in [1.54, 1.807) is 17.2 Å². The summed E-state index contributed by atoms with van der Waals surface area (Å²) in [7, 11) is 0. The van der Waals surface area contributed by atoms with Gasteiger partial charge in [-0.1, -0.05) is 66.7 Å². The Morgan fingerprint density at radius 1 is 0.909 bits per heavy atom. The lowest BCUT2D eigenvalue weighted by molar-refractivity contribution is -0.121. The highest BCUT2D eigenvalue weighted by Gasteiger charge is 2.23. The van der Waals surface area contributed by atoms with Gasteiger partial charge >= 0.3 is 6.03 Å². The van der Waals surface area contributed by atoms with Crippen LogP contribution in [0.3, 0.4) is 0 Å². The fourth-order valence-corrected chi connectivity index (χ4v) is 3.81. The Morgan fingerprint density at radius 2 is 1.67 bits per heavy atom. The van der Waals surface area contributed by atoms with E-state index in [0.717, 1.165) is 22.0 Å². The number of hydrogen-bond acceptors (Lipinski definition) is 3. The van der Waals surface area contributed by atoms with Crippen LogP contribution in [0.25, 0.3) is 10.8 Å². The first-order valence-electron chi connectivity index (χ1n) is 11.0. The lowest BCUT2D eigenvalue weighted by Crippen LogP contribution is -2.39. The molecule has 3 aromatic carbocycles. The summed E-state index contributed by atoms with van der Waals surface area (Å²) in [6.07, 6.45) is 1.75. The number of urea groups is 1. The molecule has 1 atom stereocenters. The van der Waals surface area contributed by atoms with Crippen molar-refractivity contribution in [3.05, 3.63) is 103 Å². The molecular weight excluding hydrogens is 414 g/mol. The second kappa shape index (κ2) is 10.5. The Bertz CT molecular complexity index is 1200. The topological polar surface area (TPSA) is 74.6 Å². The first-order valence-corrected chi connectivity index (χ1v) is 11.0. The Balaban J connectivity index is 1.49. The molecule has 6 heteroatoms. The van der Waals surface area contributed by atoms with Crippen molar-refractivity contribution in [3.63, 3.8) is 0 Å². The van der Waals surface area contributed by atoms with Crippen LogP contribution in [0.1, 0.15) is 30.7 Å². The molecule has 0 aliphatic heterocycles. The largest absolute Gasteiger partial charge is 0.467 e. The summed E-state index contributed by atoms with van der Waals surface area (Å²) in [5, 5.41) is 7.92. The van der Waals surface area contributed by atoms with E-state index in [1.165, 1.54) is 0 Å². The van der Waals surface area contributed by atoms with Gasteiger partial charge in [-0.2, -0.15) is 0 Å². The molecule has 0 saturated carbocycles. The summed E-state index contributed by atoms with van der Waals surface area (Å²) in [6.45, 7) is 2.57. The van der Waals surface area contributed by atoms with Crippen LogP contribution in [0.2, 0.25) is 0 Å². The zero-order valence-electron chi connectivity index (χ0n) is 18.5. The maximum atomic E-state index is 13.4. The monoisotopic (exact) mass is 441 g/mol. The van der Waals surface area contributed by atoms with Crippen LogP contribution in [-0.2, 0) is 11.3 Å². The van der Waals surface area contributed by atoms with Crippen molar-refractivity contribution in [1.29, 1.82) is 0 Å². The predicted octanol–water partition coefficient (Wildman–Crippen LogP) is 5.73. The van der Waals surface area contributed by atoms with Crippen molar-refractivity contribution in [2.24, 2.45) is 0 Å². The van der Waals surface area contributed by atoms with Gasteiger partial charge in [0.15, 0.2) is 0 Å². The number of nitrogens with one attached hydrogen (secondary N) is 2. The number of furan rings is 1. The highest BCUT2D eigenvalue weighted by molar-refractivity contribution is 6.01. The van der Waals surface area contributed by atoms with Gasteiger partial charge in [0.05, 0.1) is 24.5 Å². The number of carbonyl (C=O) groups excluding carboxylic acids is 2. The number of amides is 3. The van der Waals surface area contributed by atoms with Crippen molar-refractivity contribution in [1.82, 2.24) is 10.2 Å². The highest BCUT2D eigenvalue weighted by atomic mass is 16.3.